The fraction of sp³-hybridized carbons (Fsp3) is 0.357. The standard InChI is InChI=1S/C14H17Cl2N5O/c1-9(6-21-8-17-7-18-21)19-14(22)10(2)20-13-4-3-11(15)5-12(13)16/h3-5,7-10,20H,6H2,1-2H3,(H,19,22)/t9-,10+/m0/s1. The van der Waals surface area contributed by atoms with Gasteiger partial charge in [0.05, 0.1) is 17.3 Å². The summed E-state index contributed by atoms with van der Waals surface area (Å²) >= 11 is 11.9. The van der Waals surface area contributed by atoms with Crippen LogP contribution in [0.15, 0.2) is 30.9 Å². The smallest absolute Gasteiger partial charge is 0.242 e. The first-order valence-corrected chi connectivity index (χ1v) is 7.55. The van der Waals surface area contributed by atoms with Crippen LogP contribution < -0.4 is 10.6 Å². The summed E-state index contributed by atoms with van der Waals surface area (Å²) in [5.74, 6) is -0.126. The Kier molecular flexibility index (Phi) is 5.63. The molecule has 0 saturated carbocycles. The lowest BCUT2D eigenvalue weighted by Crippen LogP contribution is -2.43. The van der Waals surface area contributed by atoms with Crippen molar-refractivity contribution in [3.63, 3.8) is 0 Å². The van der Waals surface area contributed by atoms with Gasteiger partial charge >= 0.3 is 0 Å². The molecule has 0 bridgehead atoms. The highest BCUT2D eigenvalue weighted by Crippen LogP contribution is 2.25. The molecule has 2 N–H and O–H groups in total. The number of halogens is 2. The zero-order valence-corrected chi connectivity index (χ0v) is 13.8. The van der Waals surface area contributed by atoms with E-state index in [1.165, 1.54) is 6.33 Å². The van der Waals surface area contributed by atoms with Gasteiger partial charge in [-0.2, -0.15) is 5.10 Å². The van der Waals surface area contributed by atoms with E-state index in [0.717, 1.165) is 0 Å². The van der Waals surface area contributed by atoms with Crippen LogP contribution in [0.25, 0.3) is 0 Å². The molecule has 2 atom stereocenters. The van der Waals surface area contributed by atoms with Gasteiger partial charge < -0.3 is 10.6 Å². The third-order valence-corrected chi connectivity index (χ3v) is 3.56. The molecular formula is C14H17Cl2N5O. The second kappa shape index (κ2) is 7.47. The Morgan fingerprint density at radius 3 is 2.77 bits per heavy atom. The van der Waals surface area contributed by atoms with Gasteiger partial charge in [0.1, 0.15) is 18.7 Å². The predicted molar refractivity (Wildman–Crippen MR) is 87.2 cm³/mol. The fourth-order valence-electron chi connectivity index (χ4n) is 1.93. The molecule has 1 heterocycles. The molecule has 1 aromatic heterocycles. The van der Waals surface area contributed by atoms with Gasteiger partial charge in [-0.05, 0) is 32.0 Å². The van der Waals surface area contributed by atoms with Crippen molar-refractivity contribution >= 4 is 34.8 Å². The maximum atomic E-state index is 12.2. The van der Waals surface area contributed by atoms with Crippen molar-refractivity contribution in [2.75, 3.05) is 5.32 Å². The summed E-state index contributed by atoms with van der Waals surface area (Å²) in [7, 11) is 0. The first-order valence-electron chi connectivity index (χ1n) is 6.80. The Balaban J connectivity index is 1.88. The topological polar surface area (TPSA) is 71.8 Å². The van der Waals surface area contributed by atoms with Crippen molar-refractivity contribution < 1.29 is 4.79 Å². The van der Waals surface area contributed by atoms with E-state index in [2.05, 4.69) is 20.7 Å². The average molecular weight is 342 g/mol. The van der Waals surface area contributed by atoms with Gasteiger partial charge in [-0.25, -0.2) is 4.98 Å². The first-order chi connectivity index (χ1) is 10.5. The van der Waals surface area contributed by atoms with E-state index in [4.69, 9.17) is 23.2 Å². The van der Waals surface area contributed by atoms with Gasteiger partial charge in [0.15, 0.2) is 0 Å². The average Bonchev–Trinajstić information content (AvgIpc) is 2.94. The number of carbonyl (C=O) groups excluding carboxylic acids is 1. The Labute approximate surface area is 138 Å². The molecule has 22 heavy (non-hydrogen) atoms. The number of anilines is 1. The molecule has 0 radical (unpaired) electrons. The third-order valence-electron chi connectivity index (χ3n) is 3.01. The molecule has 1 amide bonds. The summed E-state index contributed by atoms with van der Waals surface area (Å²) < 4.78 is 1.67. The van der Waals surface area contributed by atoms with Crippen LogP contribution in [0.5, 0.6) is 0 Å². The number of nitrogens with one attached hydrogen (secondary N) is 2. The van der Waals surface area contributed by atoms with Gasteiger partial charge in [-0.15, -0.1) is 0 Å². The number of hydrogen-bond acceptors (Lipinski definition) is 4. The van der Waals surface area contributed by atoms with Crippen LogP contribution in [0, 0.1) is 0 Å². The summed E-state index contributed by atoms with van der Waals surface area (Å²) in [6.45, 7) is 4.23. The third kappa shape index (κ3) is 4.61. The zero-order valence-electron chi connectivity index (χ0n) is 12.3. The molecule has 2 rings (SSSR count). The van der Waals surface area contributed by atoms with Crippen LogP contribution >= 0.6 is 23.2 Å². The Bertz CT molecular complexity index is 632. The van der Waals surface area contributed by atoms with E-state index in [1.54, 1.807) is 36.1 Å². The maximum Gasteiger partial charge on any atom is 0.242 e. The molecule has 0 aliphatic heterocycles. The van der Waals surface area contributed by atoms with Gasteiger partial charge in [-0.3, -0.25) is 9.48 Å². The van der Waals surface area contributed by atoms with Crippen LogP contribution in [0.3, 0.4) is 0 Å². The summed E-state index contributed by atoms with van der Waals surface area (Å²) in [6, 6.07) is 4.58. The van der Waals surface area contributed by atoms with E-state index in [-0.39, 0.29) is 11.9 Å². The summed E-state index contributed by atoms with van der Waals surface area (Å²) in [5, 5.41) is 11.0. The Morgan fingerprint density at radius 2 is 2.14 bits per heavy atom. The Hall–Kier alpha value is -1.79. The van der Waals surface area contributed by atoms with Crippen LogP contribution in [0.1, 0.15) is 13.8 Å². The van der Waals surface area contributed by atoms with E-state index >= 15 is 0 Å². The molecular weight excluding hydrogens is 325 g/mol. The van der Waals surface area contributed by atoms with Gasteiger partial charge in [-0.1, -0.05) is 23.2 Å². The van der Waals surface area contributed by atoms with Crippen molar-refractivity contribution in [3.05, 3.63) is 40.9 Å². The summed E-state index contributed by atoms with van der Waals surface area (Å²) in [5.41, 5.74) is 0.664. The molecule has 118 valence electrons. The van der Waals surface area contributed by atoms with Crippen molar-refractivity contribution in [1.29, 1.82) is 0 Å². The number of carbonyl (C=O) groups is 1. The van der Waals surface area contributed by atoms with Gasteiger partial charge in [0.2, 0.25) is 5.91 Å². The van der Waals surface area contributed by atoms with Crippen molar-refractivity contribution in [2.24, 2.45) is 0 Å². The first kappa shape index (κ1) is 16.6. The molecule has 0 unspecified atom stereocenters. The van der Waals surface area contributed by atoms with E-state index in [9.17, 15) is 4.79 Å². The van der Waals surface area contributed by atoms with E-state index in [0.29, 0.717) is 22.3 Å². The largest absolute Gasteiger partial charge is 0.373 e. The second-order valence-corrected chi connectivity index (χ2v) is 5.86. The molecule has 6 nitrogen and oxygen atoms in total. The molecule has 1 aromatic carbocycles. The lowest BCUT2D eigenvalue weighted by molar-refractivity contribution is -0.122. The fourth-order valence-corrected chi connectivity index (χ4v) is 2.39. The minimum Gasteiger partial charge on any atom is -0.373 e. The zero-order chi connectivity index (χ0) is 16.1. The van der Waals surface area contributed by atoms with E-state index in [1.807, 2.05) is 6.92 Å². The molecule has 0 aliphatic carbocycles. The molecule has 0 fully saturated rings. The van der Waals surface area contributed by atoms with Crippen molar-refractivity contribution in [2.45, 2.75) is 32.5 Å². The predicted octanol–water partition coefficient (Wildman–Crippen LogP) is 2.59. The van der Waals surface area contributed by atoms with Crippen LogP contribution in [0.4, 0.5) is 5.69 Å². The second-order valence-electron chi connectivity index (χ2n) is 5.02. The number of nitrogens with zero attached hydrogens (tertiary/aromatic N) is 3. The summed E-state index contributed by atoms with van der Waals surface area (Å²) in [6.07, 6.45) is 3.07. The lowest BCUT2D eigenvalue weighted by atomic mass is 10.2. The lowest BCUT2D eigenvalue weighted by Gasteiger charge is -2.19. The highest BCUT2D eigenvalue weighted by molar-refractivity contribution is 6.36. The van der Waals surface area contributed by atoms with Gasteiger partial charge in [0, 0.05) is 11.1 Å². The molecule has 2 aromatic rings. The van der Waals surface area contributed by atoms with Crippen molar-refractivity contribution in [3.8, 4) is 0 Å². The van der Waals surface area contributed by atoms with Crippen LogP contribution in [0.2, 0.25) is 10.0 Å². The van der Waals surface area contributed by atoms with E-state index < -0.39 is 6.04 Å². The molecule has 8 heteroatoms. The number of rotatable bonds is 6. The number of aromatic nitrogens is 3. The van der Waals surface area contributed by atoms with Gasteiger partial charge in [0.25, 0.3) is 0 Å². The minimum atomic E-state index is -0.433. The Morgan fingerprint density at radius 1 is 1.36 bits per heavy atom. The number of amides is 1. The maximum absolute atomic E-state index is 12.2. The van der Waals surface area contributed by atoms with Crippen LogP contribution in [-0.2, 0) is 11.3 Å². The monoisotopic (exact) mass is 341 g/mol. The number of hydrogen-bond donors (Lipinski definition) is 2. The summed E-state index contributed by atoms with van der Waals surface area (Å²) in [4.78, 5) is 16.0. The molecule has 0 aliphatic rings. The SMILES string of the molecule is C[C@@H](Cn1cncn1)NC(=O)[C@@H](C)Nc1ccc(Cl)cc1Cl. The molecule has 0 spiro atoms. The highest BCUT2D eigenvalue weighted by Gasteiger charge is 2.16. The minimum absolute atomic E-state index is 0.0702. The normalized spacial score (nSPS) is 13.5. The van der Waals surface area contributed by atoms with Crippen LogP contribution in [-0.4, -0.2) is 32.8 Å². The number of benzene rings is 1. The molecule has 0 saturated heterocycles. The van der Waals surface area contributed by atoms with Crippen molar-refractivity contribution in [1.82, 2.24) is 20.1 Å². The quantitative estimate of drug-likeness (QED) is 0.846. The highest BCUT2D eigenvalue weighted by atomic mass is 35.5.